The minimum Gasteiger partial charge on any atom is -0.390 e. The molecular formula is C41H67NO8. The minimum absolute atomic E-state index is 0.0213. The van der Waals surface area contributed by atoms with Gasteiger partial charge in [0.05, 0.1) is 43.2 Å². The fourth-order valence-corrected chi connectivity index (χ4v) is 14.7. The highest BCUT2D eigenvalue weighted by molar-refractivity contribution is 5.76. The molecule has 5 saturated carbocycles. The third kappa shape index (κ3) is 5.05. The van der Waals surface area contributed by atoms with Crippen LogP contribution in [-0.2, 0) is 23.7 Å². The molecule has 9 heteroatoms. The van der Waals surface area contributed by atoms with Gasteiger partial charge in [-0.2, -0.15) is 0 Å². The Hall–Kier alpha value is -0.810. The fourth-order valence-electron chi connectivity index (χ4n) is 14.7. The molecule has 3 saturated heterocycles. The Morgan fingerprint density at radius 1 is 0.980 bits per heavy atom. The smallest absolute Gasteiger partial charge is 0.223 e. The molecule has 5 aliphatic carbocycles. The molecule has 2 spiro atoms. The van der Waals surface area contributed by atoms with Gasteiger partial charge in [0.25, 0.3) is 0 Å². The van der Waals surface area contributed by atoms with Crippen molar-refractivity contribution in [2.24, 2.45) is 56.7 Å². The van der Waals surface area contributed by atoms with Crippen molar-refractivity contribution < 1.29 is 39.1 Å². The second-order valence-electron chi connectivity index (χ2n) is 20.2. The molecule has 3 N–H and O–H groups in total. The standard InChI is InChI=1S/C41H67NO8/c1-24-20-26(34(44)37(4,5)46)49-33-32(24)38(6)14-15-41-23-40(41)13-10-29(36(2,3)27(40)8-9-28(41)39(38,7)35(33)45)50-31-22-42(16-19-48-31)30(43)21-25-11-17-47-18-12-25/h24-29,31-35,44-46H,8-23H2,1-7H3/t24-,26-,27+,28+,29?,31?,32?,33+,34+,35+,38-,39-,40?,41+/m1/s1. The number of amides is 1. The Kier molecular flexibility index (Phi) is 8.75. The van der Waals surface area contributed by atoms with Crippen molar-refractivity contribution in [1.29, 1.82) is 0 Å². The van der Waals surface area contributed by atoms with E-state index in [0.29, 0.717) is 50.3 Å². The topological polar surface area (TPSA) is 118 Å². The zero-order valence-corrected chi connectivity index (χ0v) is 32.0. The van der Waals surface area contributed by atoms with Crippen molar-refractivity contribution in [2.45, 2.75) is 162 Å². The summed E-state index contributed by atoms with van der Waals surface area (Å²) in [6, 6.07) is 0. The van der Waals surface area contributed by atoms with Crippen LogP contribution in [0.15, 0.2) is 0 Å². The van der Waals surface area contributed by atoms with E-state index in [0.717, 1.165) is 58.2 Å². The highest BCUT2D eigenvalue weighted by atomic mass is 16.7. The van der Waals surface area contributed by atoms with Crippen LogP contribution < -0.4 is 0 Å². The number of nitrogens with zero attached hydrogens (tertiary/aromatic N) is 1. The molecule has 3 aliphatic heterocycles. The third-order valence-corrected chi connectivity index (χ3v) is 17.3. The number of carbonyl (C=O) groups is 1. The number of fused-ring (bicyclic) bond motifs is 4. The summed E-state index contributed by atoms with van der Waals surface area (Å²) in [6.07, 6.45) is 8.56. The van der Waals surface area contributed by atoms with E-state index < -0.39 is 23.9 Å². The van der Waals surface area contributed by atoms with Crippen LogP contribution in [0.1, 0.15) is 119 Å². The fraction of sp³-hybridized carbons (Fsp3) is 0.976. The lowest BCUT2D eigenvalue weighted by atomic mass is 9.41. The maximum absolute atomic E-state index is 13.3. The summed E-state index contributed by atoms with van der Waals surface area (Å²) in [6.45, 7) is 18.5. The molecular weight excluding hydrogens is 634 g/mol. The molecule has 284 valence electrons. The summed E-state index contributed by atoms with van der Waals surface area (Å²) in [5, 5.41) is 34.2. The van der Waals surface area contributed by atoms with Crippen LogP contribution in [-0.4, -0.2) is 101 Å². The molecule has 0 aromatic rings. The van der Waals surface area contributed by atoms with Gasteiger partial charge in [0, 0.05) is 31.6 Å². The van der Waals surface area contributed by atoms with Crippen LogP contribution in [0.2, 0.25) is 0 Å². The molecule has 50 heavy (non-hydrogen) atoms. The van der Waals surface area contributed by atoms with Gasteiger partial charge in [-0.25, -0.2) is 0 Å². The van der Waals surface area contributed by atoms with Gasteiger partial charge in [0.1, 0.15) is 6.10 Å². The monoisotopic (exact) mass is 701 g/mol. The second kappa shape index (κ2) is 12.1. The van der Waals surface area contributed by atoms with E-state index in [9.17, 15) is 20.1 Å². The molecule has 0 aromatic heterocycles. The summed E-state index contributed by atoms with van der Waals surface area (Å²) < 4.78 is 25.3. The van der Waals surface area contributed by atoms with Crippen molar-refractivity contribution in [1.82, 2.24) is 4.90 Å². The second-order valence-corrected chi connectivity index (χ2v) is 20.2. The first kappa shape index (κ1) is 36.2. The number of carbonyl (C=O) groups excluding carboxylic acids is 1. The van der Waals surface area contributed by atoms with Gasteiger partial charge < -0.3 is 39.2 Å². The van der Waals surface area contributed by atoms with Gasteiger partial charge in [0.2, 0.25) is 5.91 Å². The number of rotatable bonds is 6. The number of hydrogen-bond acceptors (Lipinski definition) is 8. The van der Waals surface area contributed by atoms with Crippen LogP contribution in [0.3, 0.4) is 0 Å². The van der Waals surface area contributed by atoms with Gasteiger partial charge in [-0.3, -0.25) is 4.79 Å². The largest absolute Gasteiger partial charge is 0.390 e. The quantitative estimate of drug-likeness (QED) is 0.341. The Balaban J connectivity index is 0.974. The maximum Gasteiger partial charge on any atom is 0.223 e. The normalized spacial score (nSPS) is 50.7. The molecule has 14 atom stereocenters. The van der Waals surface area contributed by atoms with Gasteiger partial charge in [-0.05, 0) is 129 Å². The lowest BCUT2D eigenvalue weighted by Crippen LogP contribution is -2.60. The maximum atomic E-state index is 13.3. The van der Waals surface area contributed by atoms with E-state index in [1.54, 1.807) is 13.8 Å². The van der Waals surface area contributed by atoms with E-state index in [1.807, 2.05) is 4.90 Å². The molecule has 0 aromatic carbocycles. The Morgan fingerprint density at radius 2 is 1.68 bits per heavy atom. The number of aliphatic hydroxyl groups excluding tert-OH is 2. The van der Waals surface area contributed by atoms with Crippen LogP contribution in [0.4, 0.5) is 0 Å². The number of ether oxygens (including phenoxy) is 4. The Bertz CT molecular complexity index is 1310. The summed E-state index contributed by atoms with van der Waals surface area (Å²) in [7, 11) is 0. The number of aliphatic hydroxyl groups is 3. The molecule has 3 heterocycles. The van der Waals surface area contributed by atoms with Gasteiger partial charge in [-0.1, -0.05) is 34.6 Å². The van der Waals surface area contributed by atoms with E-state index in [4.69, 9.17) is 18.9 Å². The van der Waals surface area contributed by atoms with Crippen LogP contribution in [0.5, 0.6) is 0 Å². The van der Waals surface area contributed by atoms with Crippen molar-refractivity contribution in [2.75, 3.05) is 32.9 Å². The molecule has 9 nitrogen and oxygen atoms in total. The molecule has 0 bridgehead atoms. The number of hydrogen-bond donors (Lipinski definition) is 3. The predicted octanol–water partition coefficient (Wildman–Crippen LogP) is 5.32. The first-order chi connectivity index (χ1) is 23.5. The SMILES string of the molecule is C[C@@H]1C[C@H]([C@H](O)C(C)(C)O)O[C@H]2C1[C@@]1(C)CC[C@@]34CC35CCC(OC3CN(C(=O)CC6CCOCC6)CCO3)C(C)(C)[C@@H]5CC[C@H]4[C@]1(C)[C@H]2O. The summed E-state index contributed by atoms with van der Waals surface area (Å²) in [4.78, 5) is 15.2. The van der Waals surface area contributed by atoms with Crippen molar-refractivity contribution in [3.8, 4) is 0 Å². The van der Waals surface area contributed by atoms with Gasteiger partial charge in [0.15, 0.2) is 6.29 Å². The van der Waals surface area contributed by atoms with Crippen LogP contribution in [0, 0.1) is 56.7 Å². The van der Waals surface area contributed by atoms with Gasteiger partial charge >= 0.3 is 0 Å². The molecule has 4 unspecified atom stereocenters. The lowest BCUT2D eigenvalue weighted by Gasteiger charge is -2.64. The highest BCUT2D eigenvalue weighted by Gasteiger charge is 2.84. The van der Waals surface area contributed by atoms with Crippen LogP contribution >= 0.6 is 0 Å². The minimum atomic E-state index is -1.26. The molecule has 8 rings (SSSR count). The average Bonchev–Trinajstić information content (AvgIpc) is 3.70. The third-order valence-electron chi connectivity index (χ3n) is 17.3. The van der Waals surface area contributed by atoms with E-state index in [-0.39, 0.29) is 63.3 Å². The zero-order chi connectivity index (χ0) is 35.6. The van der Waals surface area contributed by atoms with Crippen LogP contribution in [0.25, 0.3) is 0 Å². The predicted molar refractivity (Wildman–Crippen MR) is 188 cm³/mol. The molecule has 8 fully saturated rings. The van der Waals surface area contributed by atoms with E-state index in [1.165, 1.54) is 12.8 Å². The summed E-state index contributed by atoms with van der Waals surface area (Å²) >= 11 is 0. The molecule has 1 amide bonds. The first-order valence-electron chi connectivity index (χ1n) is 20.4. The summed E-state index contributed by atoms with van der Waals surface area (Å²) in [5.74, 6) is 2.15. The van der Waals surface area contributed by atoms with Crippen molar-refractivity contribution in [3.05, 3.63) is 0 Å². The van der Waals surface area contributed by atoms with E-state index in [2.05, 4.69) is 34.6 Å². The van der Waals surface area contributed by atoms with Crippen molar-refractivity contribution >= 4 is 5.91 Å². The molecule has 8 aliphatic rings. The van der Waals surface area contributed by atoms with Crippen molar-refractivity contribution in [3.63, 3.8) is 0 Å². The highest BCUT2D eigenvalue weighted by Crippen LogP contribution is 2.89. The summed E-state index contributed by atoms with van der Waals surface area (Å²) in [5.41, 5.74) is -1.08. The Labute approximate surface area is 300 Å². The molecule has 0 radical (unpaired) electrons. The number of morpholine rings is 1. The van der Waals surface area contributed by atoms with E-state index >= 15 is 0 Å². The van der Waals surface area contributed by atoms with Gasteiger partial charge in [-0.15, -0.1) is 0 Å². The zero-order valence-electron chi connectivity index (χ0n) is 32.0. The first-order valence-corrected chi connectivity index (χ1v) is 20.4. The average molecular weight is 702 g/mol. The Morgan fingerprint density at radius 3 is 2.40 bits per heavy atom. The lowest BCUT2D eigenvalue weighted by molar-refractivity contribution is -0.248.